The number of rotatable bonds is 6. The van der Waals surface area contributed by atoms with Crippen molar-refractivity contribution < 1.29 is 24.1 Å². The molecule has 0 unspecified atom stereocenters. The zero-order valence-corrected chi connectivity index (χ0v) is 11.6. The molecule has 0 aliphatic heterocycles. The summed E-state index contributed by atoms with van der Waals surface area (Å²) in [6.45, 7) is 0.995. The van der Waals surface area contributed by atoms with Gasteiger partial charge in [0.05, 0.1) is 4.92 Å². The van der Waals surface area contributed by atoms with E-state index in [1.165, 1.54) is 19.1 Å². The van der Waals surface area contributed by atoms with E-state index in [-0.39, 0.29) is 17.1 Å². The van der Waals surface area contributed by atoms with E-state index in [4.69, 9.17) is 14.4 Å². The smallest absolute Gasteiger partial charge is 0.341 e. The van der Waals surface area contributed by atoms with Gasteiger partial charge < -0.3 is 14.4 Å². The van der Waals surface area contributed by atoms with Crippen LogP contribution < -0.4 is 4.74 Å². The van der Waals surface area contributed by atoms with Gasteiger partial charge in [-0.2, -0.15) is 0 Å². The molecule has 0 aliphatic rings. The molecule has 1 heterocycles. The quantitative estimate of drug-likeness (QED) is 0.643. The van der Waals surface area contributed by atoms with Crippen LogP contribution in [0.15, 0.2) is 28.8 Å². The molecule has 2 rings (SSSR count). The van der Waals surface area contributed by atoms with E-state index < -0.39 is 17.5 Å². The minimum atomic E-state index is -1.10. The number of carboxylic acids is 1. The first-order valence-corrected chi connectivity index (χ1v) is 6.21. The number of aryl methyl sites for hydroxylation is 1. The topological polar surface area (TPSA) is 116 Å². The second kappa shape index (κ2) is 6.53. The summed E-state index contributed by atoms with van der Waals surface area (Å²) in [7, 11) is 0. The minimum absolute atomic E-state index is 0.00976. The van der Waals surface area contributed by atoms with Gasteiger partial charge in [-0.3, -0.25) is 10.1 Å². The molecule has 8 nitrogen and oxygen atoms in total. The first-order chi connectivity index (χ1) is 10.5. The summed E-state index contributed by atoms with van der Waals surface area (Å²) in [5, 5.41) is 23.1. The molecule has 1 N–H and O–H groups in total. The maximum atomic E-state index is 10.9. The van der Waals surface area contributed by atoms with Crippen molar-refractivity contribution in [2.75, 3.05) is 6.61 Å². The number of aliphatic carboxylic acids is 1. The van der Waals surface area contributed by atoms with Crippen LogP contribution in [0.2, 0.25) is 0 Å². The van der Waals surface area contributed by atoms with Gasteiger partial charge in [-0.05, 0) is 25.1 Å². The van der Waals surface area contributed by atoms with Crippen molar-refractivity contribution in [2.45, 2.75) is 6.92 Å². The Morgan fingerprint density at radius 2 is 2.18 bits per heavy atom. The average Bonchev–Trinajstić information content (AvgIpc) is 2.84. The van der Waals surface area contributed by atoms with Crippen LogP contribution >= 0.6 is 0 Å². The fourth-order valence-corrected chi connectivity index (χ4v) is 1.77. The molecule has 1 aromatic heterocycles. The molecule has 8 heteroatoms. The highest BCUT2D eigenvalue weighted by atomic mass is 16.6. The highest BCUT2D eigenvalue weighted by Crippen LogP contribution is 2.26. The highest BCUT2D eigenvalue weighted by Gasteiger charge is 2.21. The fraction of sp³-hybridized carbons (Fsp3) is 0.143. The first kappa shape index (κ1) is 15.2. The van der Waals surface area contributed by atoms with Crippen LogP contribution in [0, 0.1) is 17.0 Å². The predicted molar refractivity (Wildman–Crippen MR) is 76.4 cm³/mol. The van der Waals surface area contributed by atoms with E-state index in [1.54, 1.807) is 24.3 Å². The SMILES string of the molecule is Cc1noc(/C=C\c2ccccc2OCC(=O)O)c1[N+](=O)[O-]. The molecule has 0 amide bonds. The standard InChI is InChI=1S/C14H12N2O6/c1-9-14(16(19)20)12(22-15-9)7-6-10-4-2-3-5-11(10)21-8-13(17)18/h2-7H,8H2,1H3,(H,17,18)/b7-6-. The Morgan fingerprint density at radius 1 is 1.45 bits per heavy atom. The van der Waals surface area contributed by atoms with Crippen LogP contribution in [-0.2, 0) is 4.79 Å². The van der Waals surface area contributed by atoms with Crippen LogP contribution in [-0.4, -0.2) is 27.8 Å². The lowest BCUT2D eigenvalue weighted by Crippen LogP contribution is -2.09. The fourth-order valence-electron chi connectivity index (χ4n) is 1.77. The van der Waals surface area contributed by atoms with E-state index in [9.17, 15) is 14.9 Å². The van der Waals surface area contributed by atoms with Gasteiger partial charge in [0.25, 0.3) is 0 Å². The van der Waals surface area contributed by atoms with Gasteiger partial charge in [0.1, 0.15) is 5.75 Å². The average molecular weight is 304 g/mol. The number of hydrogen-bond donors (Lipinski definition) is 1. The number of carbonyl (C=O) groups is 1. The van der Waals surface area contributed by atoms with Crippen molar-refractivity contribution in [3.8, 4) is 5.75 Å². The second-order valence-corrected chi connectivity index (χ2v) is 4.29. The van der Waals surface area contributed by atoms with Gasteiger partial charge >= 0.3 is 11.7 Å². The summed E-state index contributed by atoms with van der Waals surface area (Å²) in [4.78, 5) is 20.9. The Bertz CT molecular complexity index is 735. The van der Waals surface area contributed by atoms with Crippen LogP contribution in [0.25, 0.3) is 12.2 Å². The van der Waals surface area contributed by atoms with E-state index in [2.05, 4.69) is 5.16 Å². The lowest BCUT2D eigenvalue weighted by molar-refractivity contribution is -0.386. The lowest BCUT2D eigenvalue weighted by Gasteiger charge is -2.06. The Morgan fingerprint density at radius 3 is 2.86 bits per heavy atom. The summed E-state index contributed by atoms with van der Waals surface area (Å²) >= 11 is 0. The maximum Gasteiger partial charge on any atom is 0.341 e. The molecule has 0 aliphatic carbocycles. The van der Waals surface area contributed by atoms with Crippen molar-refractivity contribution in [1.82, 2.24) is 5.16 Å². The van der Waals surface area contributed by atoms with Gasteiger partial charge in [-0.1, -0.05) is 23.4 Å². The van der Waals surface area contributed by atoms with Gasteiger partial charge in [-0.15, -0.1) is 0 Å². The van der Waals surface area contributed by atoms with Crippen molar-refractivity contribution in [3.05, 3.63) is 51.4 Å². The Kier molecular flexibility index (Phi) is 4.52. The summed E-state index contributed by atoms with van der Waals surface area (Å²) in [5.41, 5.74) is 0.535. The first-order valence-electron chi connectivity index (χ1n) is 6.21. The Balaban J connectivity index is 2.27. The van der Waals surface area contributed by atoms with E-state index in [0.29, 0.717) is 11.3 Å². The Hall–Kier alpha value is -3.16. The van der Waals surface area contributed by atoms with Gasteiger partial charge in [0.15, 0.2) is 12.3 Å². The largest absolute Gasteiger partial charge is 0.481 e. The summed E-state index contributed by atoms with van der Waals surface area (Å²) < 4.78 is 10.0. The maximum absolute atomic E-state index is 10.9. The van der Waals surface area contributed by atoms with Crippen LogP contribution in [0.3, 0.4) is 0 Å². The molecule has 2 aromatic rings. The van der Waals surface area contributed by atoms with E-state index >= 15 is 0 Å². The molecular weight excluding hydrogens is 292 g/mol. The number of nitrogens with zero attached hydrogens (tertiary/aromatic N) is 2. The number of benzene rings is 1. The second-order valence-electron chi connectivity index (χ2n) is 4.29. The lowest BCUT2D eigenvalue weighted by atomic mass is 10.1. The zero-order valence-electron chi connectivity index (χ0n) is 11.6. The van der Waals surface area contributed by atoms with Crippen molar-refractivity contribution >= 4 is 23.8 Å². The Labute approximate surface area is 124 Å². The number of aromatic nitrogens is 1. The third-order valence-corrected chi connectivity index (χ3v) is 2.72. The summed E-state index contributed by atoms with van der Waals surface area (Å²) in [6.07, 6.45) is 2.92. The molecule has 0 radical (unpaired) electrons. The van der Waals surface area contributed by atoms with Crippen LogP contribution in [0.4, 0.5) is 5.69 Å². The molecule has 22 heavy (non-hydrogen) atoms. The molecule has 0 fully saturated rings. The predicted octanol–water partition coefficient (Wildman–Crippen LogP) is 2.53. The number of carboxylic acid groups (broad SMARTS) is 1. The summed E-state index contributed by atoms with van der Waals surface area (Å²) in [6, 6.07) is 6.70. The third-order valence-electron chi connectivity index (χ3n) is 2.72. The molecule has 0 saturated carbocycles. The van der Waals surface area contributed by atoms with Crippen molar-refractivity contribution in [3.63, 3.8) is 0 Å². The molecule has 0 bridgehead atoms. The third kappa shape index (κ3) is 3.48. The molecule has 1 aromatic carbocycles. The van der Waals surface area contributed by atoms with Gasteiger partial charge in [-0.25, -0.2) is 4.79 Å². The molecular formula is C14H12N2O6. The molecule has 0 atom stereocenters. The summed E-state index contributed by atoms with van der Waals surface area (Å²) in [5.74, 6) is -0.740. The molecule has 0 saturated heterocycles. The minimum Gasteiger partial charge on any atom is -0.481 e. The van der Waals surface area contributed by atoms with Gasteiger partial charge in [0, 0.05) is 5.56 Å². The van der Waals surface area contributed by atoms with Crippen molar-refractivity contribution in [1.29, 1.82) is 0 Å². The van der Waals surface area contributed by atoms with Crippen molar-refractivity contribution in [2.24, 2.45) is 0 Å². The van der Waals surface area contributed by atoms with Crippen LogP contribution in [0.5, 0.6) is 5.75 Å². The van der Waals surface area contributed by atoms with Crippen LogP contribution in [0.1, 0.15) is 17.0 Å². The van der Waals surface area contributed by atoms with E-state index in [0.717, 1.165) is 0 Å². The number of hydrogen-bond acceptors (Lipinski definition) is 6. The number of para-hydroxylation sites is 1. The normalized spacial score (nSPS) is 10.8. The molecule has 114 valence electrons. The highest BCUT2D eigenvalue weighted by molar-refractivity contribution is 5.74. The number of nitro groups is 1. The van der Waals surface area contributed by atoms with E-state index in [1.807, 2.05) is 0 Å². The monoisotopic (exact) mass is 304 g/mol. The molecule has 0 spiro atoms. The number of ether oxygens (including phenoxy) is 1. The van der Waals surface area contributed by atoms with Gasteiger partial charge in [0.2, 0.25) is 5.76 Å². The zero-order chi connectivity index (χ0) is 16.1.